The molecule has 1 amide bonds. The minimum Gasteiger partial charge on any atom is -0.497 e. The number of carbonyl (C=O) groups is 1. The van der Waals surface area contributed by atoms with Crippen LogP contribution in [-0.2, 0) is 11.2 Å². The number of hydrogen-bond donors (Lipinski definition) is 1. The number of nitrogens with zero attached hydrogens (tertiary/aromatic N) is 1. The van der Waals surface area contributed by atoms with Crippen molar-refractivity contribution in [3.8, 4) is 5.75 Å². The average molecular weight is 300 g/mol. The van der Waals surface area contributed by atoms with Crippen molar-refractivity contribution in [1.29, 1.82) is 0 Å². The van der Waals surface area contributed by atoms with Gasteiger partial charge in [0.25, 0.3) is 0 Å². The fourth-order valence-corrected chi connectivity index (χ4v) is 2.10. The Labute approximate surface area is 130 Å². The first-order chi connectivity index (χ1) is 10.7. The van der Waals surface area contributed by atoms with Crippen LogP contribution in [0.4, 0.5) is 0 Å². The molecule has 1 aromatic heterocycles. The molecule has 22 heavy (non-hydrogen) atoms. The highest BCUT2D eigenvalue weighted by Gasteiger charge is 2.03. The minimum absolute atomic E-state index is 0.103. The van der Waals surface area contributed by atoms with Gasteiger partial charge in [0.2, 0.25) is 5.91 Å². The number of benzene rings is 1. The molecule has 0 saturated carbocycles. The van der Waals surface area contributed by atoms with Crippen LogP contribution in [0.3, 0.4) is 0 Å². The number of carbonyl (C=O) groups excluding carboxylic acids is 1. The first-order valence-corrected chi connectivity index (χ1v) is 7.18. The summed E-state index contributed by atoms with van der Waals surface area (Å²) in [7, 11) is 1.65. The SMILES string of the molecule is COc1ccc(CCCC(=O)N/N=C\c2ccco2)c(C)c1. The number of nitrogens with one attached hydrogen (secondary N) is 1. The number of rotatable bonds is 7. The Balaban J connectivity index is 1.73. The first-order valence-electron chi connectivity index (χ1n) is 7.18. The van der Waals surface area contributed by atoms with Gasteiger partial charge in [-0.3, -0.25) is 4.79 Å². The zero-order valence-electron chi connectivity index (χ0n) is 12.8. The zero-order chi connectivity index (χ0) is 15.8. The van der Waals surface area contributed by atoms with Crippen molar-refractivity contribution in [2.75, 3.05) is 7.11 Å². The van der Waals surface area contributed by atoms with E-state index in [9.17, 15) is 4.79 Å². The van der Waals surface area contributed by atoms with Crippen LogP contribution in [0, 0.1) is 6.92 Å². The Bertz CT molecular complexity index is 633. The number of ether oxygens (including phenoxy) is 1. The van der Waals surface area contributed by atoms with E-state index >= 15 is 0 Å². The number of aryl methyl sites for hydroxylation is 2. The van der Waals surface area contributed by atoms with Gasteiger partial charge in [-0.1, -0.05) is 6.07 Å². The van der Waals surface area contributed by atoms with Crippen molar-refractivity contribution in [3.05, 3.63) is 53.5 Å². The molecule has 1 aromatic carbocycles. The van der Waals surface area contributed by atoms with Crippen molar-refractivity contribution in [3.63, 3.8) is 0 Å². The molecule has 5 nitrogen and oxygen atoms in total. The Kier molecular flexibility index (Phi) is 5.77. The summed E-state index contributed by atoms with van der Waals surface area (Å²) >= 11 is 0. The highest BCUT2D eigenvalue weighted by atomic mass is 16.5. The number of hydrogen-bond acceptors (Lipinski definition) is 4. The molecule has 0 aliphatic carbocycles. The molecule has 2 rings (SSSR count). The van der Waals surface area contributed by atoms with Gasteiger partial charge >= 0.3 is 0 Å². The molecule has 0 radical (unpaired) electrons. The van der Waals surface area contributed by atoms with Crippen molar-refractivity contribution in [2.24, 2.45) is 5.10 Å². The fourth-order valence-electron chi connectivity index (χ4n) is 2.10. The van der Waals surface area contributed by atoms with Crippen LogP contribution in [-0.4, -0.2) is 19.2 Å². The number of hydrazone groups is 1. The molecule has 0 aliphatic heterocycles. The van der Waals surface area contributed by atoms with Gasteiger partial charge in [0.1, 0.15) is 11.5 Å². The van der Waals surface area contributed by atoms with Gasteiger partial charge in [0.05, 0.1) is 19.6 Å². The van der Waals surface area contributed by atoms with Crippen LogP contribution in [0.25, 0.3) is 0 Å². The Morgan fingerprint density at radius 3 is 2.95 bits per heavy atom. The molecule has 0 fully saturated rings. The van der Waals surface area contributed by atoms with E-state index < -0.39 is 0 Å². The summed E-state index contributed by atoms with van der Waals surface area (Å²) in [6, 6.07) is 9.52. The highest BCUT2D eigenvalue weighted by molar-refractivity contribution is 5.80. The van der Waals surface area contributed by atoms with Gasteiger partial charge in [-0.05, 0) is 55.2 Å². The van der Waals surface area contributed by atoms with Gasteiger partial charge in [-0.25, -0.2) is 5.43 Å². The van der Waals surface area contributed by atoms with E-state index in [0.717, 1.165) is 18.6 Å². The van der Waals surface area contributed by atoms with E-state index in [2.05, 4.69) is 10.5 Å². The lowest BCUT2D eigenvalue weighted by molar-refractivity contribution is -0.121. The van der Waals surface area contributed by atoms with Gasteiger partial charge < -0.3 is 9.15 Å². The van der Waals surface area contributed by atoms with E-state index in [1.54, 1.807) is 25.5 Å². The van der Waals surface area contributed by atoms with Crippen molar-refractivity contribution in [2.45, 2.75) is 26.2 Å². The number of amides is 1. The lowest BCUT2D eigenvalue weighted by Gasteiger charge is -2.07. The second-order valence-electron chi connectivity index (χ2n) is 4.95. The summed E-state index contributed by atoms with van der Waals surface area (Å²) in [5.74, 6) is 1.36. The van der Waals surface area contributed by atoms with E-state index in [-0.39, 0.29) is 5.91 Å². The zero-order valence-corrected chi connectivity index (χ0v) is 12.8. The highest BCUT2D eigenvalue weighted by Crippen LogP contribution is 2.18. The molecule has 0 spiro atoms. The molecular formula is C17H20N2O3. The maximum absolute atomic E-state index is 11.7. The fraction of sp³-hybridized carbons (Fsp3) is 0.294. The molecule has 2 aromatic rings. The molecule has 5 heteroatoms. The van der Waals surface area contributed by atoms with Gasteiger partial charge in [0.15, 0.2) is 0 Å². The first kappa shape index (κ1) is 15.8. The maximum atomic E-state index is 11.7. The smallest absolute Gasteiger partial charge is 0.240 e. The number of furan rings is 1. The van der Waals surface area contributed by atoms with Crippen LogP contribution < -0.4 is 10.2 Å². The summed E-state index contributed by atoms with van der Waals surface area (Å²) < 4.78 is 10.3. The standard InChI is InChI=1S/C17H20N2O3/c1-13-11-15(21-2)9-8-14(13)5-3-7-17(20)19-18-12-16-6-4-10-22-16/h4,6,8-12H,3,5,7H2,1-2H3,(H,19,20)/b18-12-. The molecule has 0 saturated heterocycles. The van der Waals surface area contributed by atoms with Gasteiger partial charge in [-0.2, -0.15) is 5.10 Å². The molecule has 1 heterocycles. The minimum atomic E-state index is -0.103. The van der Waals surface area contributed by atoms with Gasteiger partial charge in [-0.15, -0.1) is 0 Å². The second kappa shape index (κ2) is 8.02. The summed E-state index contributed by atoms with van der Waals surface area (Å²) in [6.45, 7) is 2.05. The molecular weight excluding hydrogens is 280 g/mol. The third-order valence-corrected chi connectivity index (χ3v) is 3.32. The molecule has 0 aliphatic rings. The lowest BCUT2D eigenvalue weighted by atomic mass is 10.0. The average Bonchev–Trinajstić information content (AvgIpc) is 3.02. The summed E-state index contributed by atoms with van der Waals surface area (Å²) in [4.78, 5) is 11.7. The maximum Gasteiger partial charge on any atom is 0.240 e. The topological polar surface area (TPSA) is 63.8 Å². The van der Waals surface area contributed by atoms with Crippen molar-refractivity contribution >= 4 is 12.1 Å². The molecule has 0 atom stereocenters. The molecule has 1 N–H and O–H groups in total. The van der Waals surface area contributed by atoms with Crippen LogP contribution in [0.5, 0.6) is 5.75 Å². The predicted molar refractivity (Wildman–Crippen MR) is 85.1 cm³/mol. The lowest BCUT2D eigenvalue weighted by Crippen LogP contribution is -2.17. The van der Waals surface area contributed by atoms with Crippen LogP contribution in [0.1, 0.15) is 29.7 Å². The largest absolute Gasteiger partial charge is 0.497 e. The third-order valence-electron chi connectivity index (χ3n) is 3.32. The molecule has 116 valence electrons. The van der Waals surface area contributed by atoms with E-state index in [1.807, 2.05) is 25.1 Å². The Hall–Kier alpha value is -2.56. The van der Waals surface area contributed by atoms with E-state index in [0.29, 0.717) is 12.2 Å². The third kappa shape index (κ3) is 4.77. The van der Waals surface area contributed by atoms with Crippen LogP contribution in [0.2, 0.25) is 0 Å². The van der Waals surface area contributed by atoms with Crippen molar-refractivity contribution in [1.82, 2.24) is 5.43 Å². The molecule has 0 unspecified atom stereocenters. The van der Waals surface area contributed by atoms with Crippen LogP contribution in [0.15, 0.2) is 46.1 Å². The quantitative estimate of drug-likeness (QED) is 0.631. The summed E-state index contributed by atoms with van der Waals surface area (Å²) in [5.41, 5.74) is 4.90. The van der Waals surface area contributed by atoms with Gasteiger partial charge in [0, 0.05) is 6.42 Å². The van der Waals surface area contributed by atoms with Crippen molar-refractivity contribution < 1.29 is 13.9 Å². The Morgan fingerprint density at radius 2 is 2.27 bits per heavy atom. The summed E-state index contributed by atoms with van der Waals surface area (Å²) in [6.07, 6.45) is 5.09. The van der Waals surface area contributed by atoms with E-state index in [1.165, 1.54) is 17.3 Å². The van der Waals surface area contributed by atoms with Crippen LogP contribution >= 0.6 is 0 Å². The molecule has 0 bridgehead atoms. The number of methoxy groups -OCH3 is 1. The Morgan fingerprint density at radius 1 is 1.41 bits per heavy atom. The van der Waals surface area contributed by atoms with E-state index in [4.69, 9.17) is 9.15 Å². The summed E-state index contributed by atoms with van der Waals surface area (Å²) in [5, 5.41) is 3.84. The monoisotopic (exact) mass is 300 g/mol. The second-order valence-corrected chi connectivity index (χ2v) is 4.95. The normalized spacial score (nSPS) is 10.8. The predicted octanol–water partition coefficient (Wildman–Crippen LogP) is 3.07.